The largest absolute Gasteiger partial charge is 0.364 e. The molecule has 0 fully saturated rings. The Morgan fingerprint density at radius 2 is 1.81 bits per heavy atom. The van der Waals surface area contributed by atoms with Gasteiger partial charge in [0.25, 0.3) is 5.91 Å². The van der Waals surface area contributed by atoms with Crippen LogP contribution in [0.1, 0.15) is 46.9 Å². The molecule has 1 aliphatic carbocycles. The first-order chi connectivity index (χ1) is 12.8. The first-order valence-corrected chi connectivity index (χ1v) is 8.91. The number of fused-ring (bicyclic) bond motifs is 1. The Morgan fingerprint density at radius 3 is 2.54 bits per heavy atom. The van der Waals surface area contributed by atoms with Gasteiger partial charge in [0.05, 0.1) is 11.6 Å². The lowest BCUT2D eigenvalue weighted by molar-refractivity contribution is 0.102. The molecule has 0 aliphatic heterocycles. The number of aromatic nitrogens is 3. The third-order valence-corrected chi connectivity index (χ3v) is 4.66. The number of nitrogens with one attached hydrogen (secondary N) is 3. The van der Waals surface area contributed by atoms with Crippen LogP contribution >= 0.6 is 0 Å². The minimum atomic E-state index is -0.143. The molecule has 0 bridgehead atoms. The van der Waals surface area contributed by atoms with Crippen LogP contribution in [0.4, 0.5) is 11.6 Å². The number of rotatable bonds is 4. The fourth-order valence-electron chi connectivity index (χ4n) is 3.46. The maximum absolute atomic E-state index is 12.8. The maximum Gasteiger partial charge on any atom is 0.258 e. The zero-order valence-corrected chi connectivity index (χ0v) is 14.4. The minimum Gasteiger partial charge on any atom is -0.364 e. The molecule has 1 amide bonds. The van der Waals surface area contributed by atoms with E-state index in [4.69, 9.17) is 0 Å². The van der Waals surface area contributed by atoms with Gasteiger partial charge in [-0.3, -0.25) is 4.79 Å². The molecule has 132 valence electrons. The lowest BCUT2D eigenvalue weighted by Crippen LogP contribution is -2.18. The second-order valence-corrected chi connectivity index (χ2v) is 6.42. The predicted octanol–water partition coefficient (Wildman–Crippen LogP) is 3.94. The number of amides is 1. The van der Waals surface area contributed by atoms with Crippen LogP contribution in [0.25, 0.3) is 0 Å². The van der Waals surface area contributed by atoms with E-state index >= 15 is 0 Å². The summed E-state index contributed by atoms with van der Waals surface area (Å²) in [5.41, 5.74) is 2.84. The van der Waals surface area contributed by atoms with Gasteiger partial charge in [-0.25, -0.2) is 9.97 Å². The van der Waals surface area contributed by atoms with Crippen molar-refractivity contribution < 1.29 is 4.79 Å². The second-order valence-electron chi connectivity index (χ2n) is 6.42. The molecule has 0 saturated carbocycles. The summed E-state index contributed by atoms with van der Waals surface area (Å²) < 4.78 is 0. The molecule has 1 aliphatic rings. The summed E-state index contributed by atoms with van der Waals surface area (Å²) in [4.78, 5) is 24.7. The van der Waals surface area contributed by atoms with Crippen molar-refractivity contribution in [1.29, 1.82) is 0 Å². The molecule has 1 atom stereocenters. The van der Waals surface area contributed by atoms with Crippen molar-refractivity contribution >= 4 is 17.5 Å². The van der Waals surface area contributed by atoms with Crippen molar-refractivity contribution in [3.8, 4) is 0 Å². The Hall–Kier alpha value is -3.15. The molecule has 0 aromatic carbocycles. The molecule has 4 rings (SSSR count). The Balaban J connectivity index is 1.63. The summed E-state index contributed by atoms with van der Waals surface area (Å²) in [5.74, 6) is 1.23. The molecule has 3 aromatic heterocycles. The molecular formula is C20H21N5O. The van der Waals surface area contributed by atoms with Crippen molar-refractivity contribution in [3.63, 3.8) is 0 Å². The SMILES string of the molecule is O=C(Nc1ccccn1)c1c[nH]c2c1C(Nc1ccccn1)CCCC2. The lowest BCUT2D eigenvalue weighted by Gasteiger charge is -2.19. The van der Waals surface area contributed by atoms with E-state index in [1.165, 1.54) is 0 Å². The molecule has 3 heterocycles. The molecule has 0 radical (unpaired) electrons. The second kappa shape index (κ2) is 7.39. The van der Waals surface area contributed by atoms with Crippen LogP contribution in [0, 0.1) is 0 Å². The molecule has 3 N–H and O–H groups in total. The van der Waals surface area contributed by atoms with Gasteiger partial charge in [0, 0.05) is 29.8 Å². The van der Waals surface area contributed by atoms with Gasteiger partial charge < -0.3 is 15.6 Å². The summed E-state index contributed by atoms with van der Waals surface area (Å²) in [5, 5.41) is 6.38. The highest BCUT2D eigenvalue weighted by Crippen LogP contribution is 2.33. The summed E-state index contributed by atoms with van der Waals surface area (Å²) in [6.07, 6.45) is 9.37. The first kappa shape index (κ1) is 16.3. The van der Waals surface area contributed by atoms with E-state index in [0.717, 1.165) is 42.8 Å². The number of aromatic amines is 1. The summed E-state index contributed by atoms with van der Waals surface area (Å²) in [6, 6.07) is 11.3. The molecule has 3 aromatic rings. The van der Waals surface area contributed by atoms with E-state index in [1.54, 1.807) is 24.7 Å². The molecule has 6 nitrogen and oxygen atoms in total. The van der Waals surface area contributed by atoms with Gasteiger partial charge in [0.1, 0.15) is 11.6 Å². The van der Waals surface area contributed by atoms with Crippen LogP contribution < -0.4 is 10.6 Å². The van der Waals surface area contributed by atoms with Gasteiger partial charge in [0.2, 0.25) is 0 Å². The van der Waals surface area contributed by atoms with Gasteiger partial charge in [-0.15, -0.1) is 0 Å². The lowest BCUT2D eigenvalue weighted by atomic mass is 9.99. The Morgan fingerprint density at radius 1 is 1.04 bits per heavy atom. The van der Waals surface area contributed by atoms with Crippen LogP contribution in [-0.2, 0) is 6.42 Å². The molecule has 6 heteroatoms. The number of aryl methyl sites for hydroxylation is 1. The number of hydrogen-bond donors (Lipinski definition) is 3. The smallest absolute Gasteiger partial charge is 0.258 e. The normalized spacial score (nSPS) is 16.4. The van der Waals surface area contributed by atoms with E-state index < -0.39 is 0 Å². The number of hydrogen-bond acceptors (Lipinski definition) is 4. The third kappa shape index (κ3) is 3.44. The fourth-order valence-corrected chi connectivity index (χ4v) is 3.46. The fraction of sp³-hybridized carbons (Fsp3) is 0.250. The van der Waals surface area contributed by atoms with Crippen molar-refractivity contribution in [2.24, 2.45) is 0 Å². The number of anilines is 2. The third-order valence-electron chi connectivity index (χ3n) is 4.66. The van der Waals surface area contributed by atoms with Gasteiger partial charge in [-0.05, 0) is 43.5 Å². The van der Waals surface area contributed by atoms with Gasteiger partial charge in [-0.1, -0.05) is 18.6 Å². The van der Waals surface area contributed by atoms with Crippen LogP contribution in [0.3, 0.4) is 0 Å². The molecule has 0 spiro atoms. The average Bonchev–Trinajstić information content (AvgIpc) is 3.00. The average molecular weight is 347 g/mol. The summed E-state index contributed by atoms with van der Waals surface area (Å²) in [6.45, 7) is 0. The van der Waals surface area contributed by atoms with Gasteiger partial charge in [0.15, 0.2) is 0 Å². The molecule has 26 heavy (non-hydrogen) atoms. The van der Waals surface area contributed by atoms with Crippen molar-refractivity contribution in [1.82, 2.24) is 15.0 Å². The highest BCUT2D eigenvalue weighted by atomic mass is 16.1. The number of carbonyl (C=O) groups excluding carboxylic acids is 1. The number of H-pyrrole nitrogens is 1. The zero-order chi connectivity index (χ0) is 17.8. The number of carbonyl (C=O) groups is 1. The Labute approximate surface area is 152 Å². The van der Waals surface area contributed by atoms with E-state index in [-0.39, 0.29) is 11.9 Å². The van der Waals surface area contributed by atoms with Crippen molar-refractivity contribution in [3.05, 3.63) is 71.8 Å². The van der Waals surface area contributed by atoms with E-state index in [0.29, 0.717) is 11.4 Å². The molecule has 0 saturated heterocycles. The maximum atomic E-state index is 12.8. The highest BCUT2D eigenvalue weighted by Gasteiger charge is 2.26. The summed E-state index contributed by atoms with van der Waals surface area (Å²) in [7, 11) is 0. The van der Waals surface area contributed by atoms with E-state index in [9.17, 15) is 4.79 Å². The molecule has 1 unspecified atom stereocenters. The van der Waals surface area contributed by atoms with Crippen LogP contribution in [0.5, 0.6) is 0 Å². The van der Waals surface area contributed by atoms with Crippen LogP contribution in [-0.4, -0.2) is 20.9 Å². The summed E-state index contributed by atoms with van der Waals surface area (Å²) >= 11 is 0. The Bertz CT molecular complexity index is 876. The topological polar surface area (TPSA) is 82.7 Å². The van der Waals surface area contributed by atoms with E-state index in [2.05, 4.69) is 25.6 Å². The van der Waals surface area contributed by atoms with Gasteiger partial charge >= 0.3 is 0 Å². The van der Waals surface area contributed by atoms with Crippen molar-refractivity contribution in [2.45, 2.75) is 31.7 Å². The van der Waals surface area contributed by atoms with Crippen LogP contribution in [0.15, 0.2) is 55.0 Å². The van der Waals surface area contributed by atoms with Crippen molar-refractivity contribution in [2.75, 3.05) is 10.6 Å². The first-order valence-electron chi connectivity index (χ1n) is 8.91. The zero-order valence-electron chi connectivity index (χ0n) is 14.4. The van der Waals surface area contributed by atoms with Crippen LogP contribution in [0.2, 0.25) is 0 Å². The monoisotopic (exact) mass is 347 g/mol. The predicted molar refractivity (Wildman–Crippen MR) is 101 cm³/mol. The number of pyridine rings is 2. The Kier molecular flexibility index (Phi) is 4.64. The van der Waals surface area contributed by atoms with E-state index in [1.807, 2.05) is 30.3 Å². The quantitative estimate of drug-likeness (QED) is 0.624. The van der Waals surface area contributed by atoms with Gasteiger partial charge in [-0.2, -0.15) is 0 Å². The minimum absolute atomic E-state index is 0.0538. The standard InChI is InChI=1S/C20H21N5O/c26-20(25-18-10-4-6-12-22-18)14-13-23-15-7-1-2-8-16(19(14)15)24-17-9-3-5-11-21-17/h3-6,9-13,16,23H,1-2,7-8H2,(H,21,24)(H,22,25,26). The number of nitrogens with zero attached hydrogens (tertiary/aromatic N) is 2. The highest BCUT2D eigenvalue weighted by molar-refractivity contribution is 6.05. The molecular weight excluding hydrogens is 326 g/mol.